The Morgan fingerprint density at radius 2 is 2.10 bits per heavy atom. The van der Waals surface area contributed by atoms with Gasteiger partial charge in [-0.05, 0) is 25.1 Å². The third-order valence-electron chi connectivity index (χ3n) is 3.63. The predicted molar refractivity (Wildman–Crippen MR) is 102 cm³/mol. The minimum Gasteiger partial charge on any atom is -0.495 e. The lowest BCUT2D eigenvalue weighted by Crippen LogP contribution is -2.20. The van der Waals surface area contributed by atoms with E-state index >= 15 is 0 Å². The average molecular weight is 396 g/mol. The third kappa shape index (κ3) is 5.06. The maximum absolute atomic E-state index is 13.7. The smallest absolute Gasteiger partial charge is 0.309 e. The topological polar surface area (TPSA) is 111 Å². The largest absolute Gasteiger partial charge is 0.495 e. The molecule has 148 valence electrons. The second-order valence-electron chi connectivity index (χ2n) is 5.54. The van der Waals surface area contributed by atoms with E-state index in [1.165, 1.54) is 25.6 Å². The number of amides is 1. The number of carbonyl (C=O) groups is 1. The first-order valence-electron chi connectivity index (χ1n) is 8.56. The van der Waals surface area contributed by atoms with Gasteiger partial charge in [0.25, 0.3) is 0 Å². The Kier molecular flexibility index (Phi) is 6.36. The van der Waals surface area contributed by atoms with E-state index in [1.807, 2.05) is 6.92 Å². The van der Waals surface area contributed by atoms with Crippen molar-refractivity contribution in [1.82, 2.24) is 25.4 Å². The Labute approximate surface area is 165 Å². The second-order valence-corrected chi connectivity index (χ2v) is 5.54. The molecule has 0 fully saturated rings. The van der Waals surface area contributed by atoms with Gasteiger partial charge in [0, 0.05) is 24.0 Å². The van der Waals surface area contributed by atoms with Crippen molar-refractivity contribution >= 4 is 12.1 Å². The van der Waals surface area contributed by atoms with Crippen LogP contribution in [0.2, 0.25) is 0 Å². The molecule has 0 bridgehead atoms. The summed E-state index contributed by atoms with van der Waals surface area (Å²) in [5.41, 5.74) is 3.51. The molecule has 3 rings (SSSR count). The van der Waals surface area contributed by atoms with E-state index in [2.05, 4.69) is 30.5 Å². The van der Waals surface area contributed by atoms with Crippen molar-refractivity contribution in [2.24, 2.45) is 5.10 Å². The van der Waals surface area contributed by atoms with E-state index < -0.39 is 11.9 Å². The van der Waals surface area contributed by atoms with Crippen LogP contribution in [0.25, 0.3) is 11.3 Å². The zero-order valence-corrected chi connectivity index (χ0v) is 15.7. The Morgan fingerprint density at radius 3 is 2.83 bits per heavy atom. The number of pyridine rings is 2. The highest BCUT2D eigenvalue weighted by Crippen LogP contribution is 2.18. The SMILES string of the molecule is CCOc1ccc(-c2ccnc(C(=O)N/N=C/c3cc(OC)cnc3F)n2)cn1. The molecule has 0 atom stereocenters. The number of rotatable bonds is 7. The van der Waals surface area contributed by atoms with Crippen molar-refractivity contribution in [3.05, 3.63) is 60.2 Å². The molecule has 0 saturated heterocycles. The van der Waals surface area contributed by atoms with Crippen LogP contribution >= 0.6 is 0 Å². The highest BCUT2D eigenvalue weighted by atomic mass is 19.1. The maximum atomic E-state index is 13.7. The van der Waals surface area contributed by atoms with Crippen LogP contribution in [-0.4, -0.2) is 45.8 Å². The lowest BCUT2D eigenvalue weighted by atomic mass is 10.2. The number of hydrogen-bond donors (Lipinski definition) is 1. The van der Waals surface area contributed by atoms with E-state index in [1.54, 1.807) is 24.4 Å². The fourth-order valence-electron chi connectivity index (χ4n) is 2.25. The van der Waals surface area contributed by atoms with Gasteiger partial charge < -0.3 is 9.47 Å². The zero-order chi connectivity index (χ0) is 20.6. The Hall–Kier alpha value is -3.95. The summed E-state index contributed by atoms with van der Waals surface area (Å²) in [4.78, 5) is 28.1. The van der Waals surface area contributed by atoms with Crippen molar-refractivity contribution < 1.29 is 18.7 Å². The summed E-state index contributed by atoms with van der Waals surface area (Å²) < 4.78 is 23.9. The Bertz CT molecular complexity index is 1030. The van der Waals surface area contributed by atoms with Crippen LogP contribution in [0.4, 0.5) is 4.39 Å². The highest BCUT2D eigenvalue weighted by molar-refractivity contribution is 5.91. The Morgan fingerprint density at radius 1 is 1.24 bits per heavy atom. The first-order valence-corrected chi connectivity index (χ1v) is 8.56. The summed E-state index contributed by atoms with van der Waals surface area (Å²) in [5.74, 6) is -0.642. The minimum atomic E-state index is -0.745. The first kappa shape index (κ1) is 19.8. The summed E-state index contributed by atoms with van der Waals surface area (Å²) in [6.45, 7) is 2.38. The predicted octanol–water partition coefficient (Wildman–Crippen LogP) is 2.24. The zero-order valence-electron chi connectivity index (χ0n) is 15.7. The van der Waals surface area contributed by atoms with Crippen LogP contribution in [0.1, 0.15) is 23.1 Å². The van der Waals surface area contributed by atoms with Gasteiger partial charge in [-0.15, -0.1) is 0 Å². The van der Waals surface area contributed by atoms with Gasteiger partial charge in [-0.1, -0.05) is 0 Å². The van der Waals surface area contributed by atoms with Crippen molar-refractivity contribution in [3.63, 3.8) is 0 Å². The second kappa shape index (κ2) is 9.31. The van der Waals surface area contributed by atoms with Gasteiger partial charge in [-0.3, -0.25) is 4.79 Å². The minimum absolute atomic E-state index is 0.0554. The van der Waals surface area contributed by atoms with E-state index in [9.17, 15) is 9.18 Å². The number of carbonyl (C=O) groups excluding carboxylic acids is 1. The molecule has 29 heavy (non-hydrogen) atoms. The van der Waals surface area contributed by atoms with Gasteiger partial charge in [0.1, 0.15) is 5.75 Å². The van der Waals surface area contributed by atoms with Crippen LogP contribution < -0.4 is 14.9 Å². The lowest BCUT2D eigenvalue weighted by Gasteiger charge is -2.05. The van der Waals surface area contributed by atoms with Crippen LogP contribution in [0.15, 0.2) is 48.0 Å². The summed E-state index contributed by atoms with van der Waals surface area (Å²) in [5, 5.41) is 3.72. The molecule has 0 radical (unpaired) electrons. The number of ether oxygens (including phenoxy) is 2. The number of methoxy groups -OCH3 is 1. The molecule has 0 saturated carbocycles. The molecule has 0 unspecified atom stereocenters. The normalized spacial score (nSPS) is 10.7. The van der Waals surface area contributed by atoms with Gasteiger partial charge in [0.05, 0.1) is 37.4 Å². The monoisotopic (exact) mass is 396 g/mol. The number of nitrogens with one attached hydrogen (secondary N) is 1. The van der Waals surface area contributed by atoms with Crippen LogP contribution in [0.3, 0.4) is 0 Å². The molecular formula is C19H17FN6O3. The van der Waals surface area contributed by atoms with Gasteiger partial charge >= 0.3 is 5.91 Å². The number of hydrogen-bond acceptors (Lipinski definition) is 8. The summed E-state index contributed by atoms with van der Waals surface area (Å²) in [7, 11) is 1.43. The van der Waals surface area contributed by atoms with Gasteiger partial charge in [0.2, 0.25) is 17.7 Å². The maximum Gasteiger partial charge on any atom is 0.309 e. The average Bonchev–Trinajstić information content (AvgIpc) is 2.76. The molecule has 1 amide bonds. The molecule has 1 N–H and O–H groups in total. The van der Waals surface area contributed by atoms with Crippen molar-refractivity contribution in [2.45, 2.75) is 6.92 Å². The lowest BCUT2D eigenvalue weighted by molar-refractivity contribution is 0.0944. The molecule has 0 aromatic carbocycles. The van der Waals surface area contributed by atoms with Crippen LogP contribution in [-0.2, 0) is 0 Å². The summed E-state index contributed by atoms with van der Waals surface area (Å²) >= 11 is 0. The van der Waals surface area contributed by atoms with Gasteiger partial charge in [-0.2, -0.15) is 9.49 Å². The quantitative estimate of drug-likeness (QED) is 0.370. The highest BCUT2D eigenvalue weighted by Gasteiger charge is 2.11. The van der Waals surface area contributed by atoms with Crippen LogP contribution in [0.5, 0.6) is 11.6 Å². The molecule has 0 spiro atoms. The molecule has 0 aliphatic heterocycles. The molecule has 3 aromatic rings. The first-order chi connectivity index (χ1) is 14.1. The molecule has 3 heterocycles. The van der Waals surface area contributed by atoms with Crippen LogP contribution in [0, 0.1) is 5.95 Å². The fourth-order valence-corrected chi connectivity index (χ4v) is 2.25. The van der Waals surface area contributed by atoms with E-state index in [0.29, 0.717) is 29.5 Å². The van der Waals surface area contributed by atoms with E-state index in [4.69, 9.17) is 9.47 Å². The molecule has 9 nitrogen and oxygen atoms in total. The number of hydrazone groups is 1. The molecule has 0 aliphatic carbocycles. The third-order valence-corrected chi connectivity index (χ3v) is 3.63. The molecule has 0 aliphatic rings. The van der Waals surface area contributed by atoms with Crippen molar-refractivity contribution in [2.75, 3.05) is 13.7 Å². The number of halogens is 1. The fraction of sp³-hybridized carbons (Fsp3) is 0.158. The van der Waals surface area contributed by atoms with Gasteiger partial charge in [0.15, 0.2) is 0 Å². The summed E-state index contributed by atoms with van der Waals surface area (Å²) in [6, 6.07) is 6.53. The van der Waals surface area contributed by atoms with Crippen molar-refractivity contribution in [3.8, 4) is 22.9 Å². The van der Waals surface area contributed by atoms with Gasteiger partial charge in [-0.25, -0.2) is 25.4 Å². The number of nitrogens with zero attached hydrogens (tertiary/aromatic N) is 5. The number of aromatic nitrogens is 4. The van der Waals surface area contributed by atoms with Crippen molar-refractivity contribution in [1.29, 1.82) is 0 Å². The van der Waals surface area contributed by atoms with E-state index in [0.717, 1.165) is 6.21 Å². The van der Waals surface area contributed by atoms with E-state index in [-0.39, 0.29) is 11.4 Å². The Balaban J connectivity index is 1.71. The summed E-state index contributed by atoms with van der Waals surface area (Å²) in [6.07, 6.45) is 5.39. The standard InChI is InChI=1S/C19H17FN6O3/c1-3-29-16-5-4-12(9-22-16)15-6-7-21-18(25-15)19(27)26-24-10-13-8-14(28-2)11-23-17(13)20/h4-11H,3H2,1-2H3,(H,26,27)/b24-10+. The molecule has 3 aromatic heterocycles. The molecule has 10 heteroatoms. The molecular weight excluding hydrogens is 379 g/mol.